The number of nitrogens with zero attached hydrogens (tertiary/aromatic N) is 1. The minimum atomic E-state index is -1.25. The first-order valence-corrected chi connectivity index (χ1v) is 7.22. The number of rotatable bonds is 5. The average Bonchev–Trinajstić information content (AvgIpc) is 3.02. The maximum atomic E-state index is 11.1. The van der Waals surface area contributed by atoms with E-state index in [-0.39, 0.29) is 22.5 Å². The summed E-state index contributed by atoms with van der Waals surface area (Å²) in [6, 6.07) is 10.4. The summed E-state index contributed by atoms with van der Waals surface area (Å²) in [5.74, 6) is 0.580. The molecule has 0 radical (unpaired) electrons. The third-order valence-corrected chi connectivity index (χ3v) is 3.59. The van der Waals surface area contributed by atoms with E-state index in [9.17, 15) is 9.90 Å². The number of ether oxygens (including phenoxy) is 2. The molecular formula is C18H16BrN2O4-. The lowest BCUT2D eigenvalue weighted by Gasteiger charge is -2.07. The fourth-order valence-electron chi connectivity index (χ4n) is 2.43. The van der Waals surface area contributed by atoms with E-state index in [1.807, 2.05) is 24.3 Å². The smallest absolute Gasteiger partial charge is 0.161 e. The quantitative estimate of drug-likeness (QED) is 0.707. The predicted octanol–water partition coefficient (Wildman–Crippen LogP) is 2.69. The molecule has 0 aliphatic rings. The van der Waals surface area contributed by atoms with Gasteiger partial charge in [-0.2, -0.15) is 0 Å². The summed E-state index contributed by atoms with van der Waals surface area (Å²) < 4.78 is 10.5. The molecule has 3 rings (SSSR count). The Hall–Kier alpha value is -2.80. The Bertz CT molecular complexity index is 934. The van der Waals surface area contributed by atoms with Crippen LogP contribution in [0.2, 0.25) is 0 Å². The molecule has 0 saturated heterocycles. The molecular weight excluding hydrogens is 388 g/mol. The number of aromatic amines is 1. The number of hydrogen-bond acceptors (Lipinski definition) is 5. The number of carboxylic acids is 1. The fourth-order valence-corrected chi connectivity index (χ4v) is 2.43. The van der Waals surface area contributed by atoms with Crippen molar-refractivity contribution in [2.24, 2.45) is 0 Å². The molecule has 0 fully saturated rings. The molecule has 0 atom stereocenters. The van der Waals surface area contributed by atoms with Gasteiger partial charge in [-0.05, 0) is 29.8 Å². The van der Waals surface area contributed by atoms with Crippen molar-refractivity contribution >= 4 is 46.1 Å². The van der Waals surface area contributed by atoms with Gasteiger partial charge in [-0.15, -0.1) is 17.0 Å². The van der Waals surface area contributed by atoms with Gasteiger partial charge in [0.05, 0.1) is 31.2 Å². The van der Waals surface area contributed by atoms with Crippen molar-refractivity contribution in [2.75, 3.05) is 14.2 Å². The summed E-state index contributed by atoms with van der Waals surface area (Å²) in [7, 11) is 3.16. The number of benzene rings is 2. The molecule has 0 aliphatic carbocycles. The molecule has 2 aromatic carbocycles. The zero-order chi connectivity index (χ0) is 17.1. The lowest BCUT2D eigenvalue weighted by molar-refractivity contribution is -0.254. The molecule has 0 spiro atoms. The number of H-pyrrole nitrogens is 1. The molecule has 1 N–H and O–H groups in total. The molecule has 6 nitrogen and oxygen atoms in total. The van der Waals surface area contributed by atoms with Crippen molar-refractivity contribution in [1.82, 2.24) is 9.97 Å². The Morgan fingerprint density at radius 3 is 2.56 bits per heavy atom. The molecule has 7 heteroatoms. The molecule has 0 unspecified atom stereocenters. The summed E-state index contributed by atoms with van der Waals surface area (Å²) in [4.78, 5) is 18.5. The third kappa shape index (κ3) is 3.83. The minimum Gasteiger partial charge on any atom is -0.545 e. The molecule has 130 valence electrons. The van der Waals surface area contributed by atoms with Gasteiger partial charge in [0.2, 0.25) is 0 Å². The Labute approximate surface area is 154 Å². The van der Waals surface area contributed by atoms with Gasteiger partial charge in [0.25, 0.3) is 0 Å². The van der Waals surface area contributed by atoms with E-state index in [0.29, 0.717) is 28.4 Å². The molecule has 1 heterocycles. The standard InChI is InChI=1S/C18H16N2O4.BrH/c1-23-14-8-6-11(10-15(14)24-2)7-9-16-19-13-5-3-4-12(18(21)22)17(13)20-16;/h3-10H,1-2H3,(H,19,20)(H,21,22);1H/p-1/b9-7+;. The second kappa shape index (κ2) is 7.85. The Kier molecular flexibility index (Phi) is 5.82. The van der Waals surface area contributed by atoms with Gasteiger partial charge in [-0.25, -0.2) is 4.98 Å². The fraction of sp³-hybridized carbons (Fsp3) is 0.111. The number of hydrogen-bond donors (Lipinski definition) is 1. The van der Waals surface area contributed by atoms with Crippen LogP contribution < -0.4 is 14.6 Å². The first-order chi connectivity index (χ1) is 11.6. The van der Waals surface area contributed by atoms with Gasteiger partial charge in [0, 0.05) is 5.56 Å². The summed E-state index contributed by atoms with van der Waals surface area (Å²) >= 11 is 0. The van der Waals surface area contributed by atoms with Crippen LogP contribution in [0.5, 0.6) is 11.5 Å². The van der Waals surface area contributed by atoms with E-state index >= 15 is 0 Å². The summed E-state index contributed by atoms with van der Waals surface area (Å²) in [5, 5.41) is 11.1. The highest BCUT2D eigenvalue weighted by molar-refractivity contribution is 8.93. The number of aromatic nitrogens is 2. The summed E-state index contributed by atoms with van der Waals surface area (Å²) in [5.41, 5.74) is 1.98. The maximum absolute atomic E-state index is 11.1. The van der Waals surface area contributed by atoms with Crippen LogP contribution in [0.1, 0.15) is 21.7 Å². The Balaban J connectivity index is 0.00000225. The SMILES string of the molecule is Br.COc1ccc(/C=C/c2nc3c(C(=O)[O-])cccc3[nH]2)cc1OC. The predicted molar refractivity (Wildman–Crippen MR) is 99.2 cm³/mol. The minimum absolute atomic E-state index is 0. The molecule has 25 heavy (non-hydrogen) atoms. The van der Waals surface area contributed by atoms with Gasteiger partial charge in [-0.3, -0.25) is 0 Å². The van der Waals surface area contributed by atoms with E-state index in [2.05, 4.69) is 9.97 Å². The van der Waals surface area contributed by atoms with Gasteiger partial charge < -0.3 is 24.4 Å². The van der Waals surface area contributed by atoms with Crippen LogP contribution in [-0.2, 0) is 0 Å². The Morgan fingerprint density at radius 1 is 1.12 bits per heavy atom. The number of carboxylic acid groups (broad SMARTS) is 1. The van der Waals surface area contributed by atoms with E-state index < -0.39 is 5.97 Å². The van der Waals surface area contributed by atoms with Gasteiger partial charge in [0.15, 0.2) is 11.5 Å². The molecule has 0 saturated carbocycles. The first kappa shape index (κ1) is 18.5. The second-order valence-corrected chi connectivity index (χ2v) is 5.06. The number of carbonyl (C=O) groups excluding carboxylic acids is 1. The molecule has 0 bridgehead atoms. The van der Waals surface area contributed by atoms with Crippen molar-refractivity contribution < 1.29 is 19.4 Å². The molecule has 3 aromatic rings. The van der Waals surface area contributed by atoms with Crippen LogP contribution in [0.4, 0.5) is 0 Å². The van der Waals surface area contributed by atoms with Crippen molar-refractivity contribution in [3.63, 3.8) is 0 Å². The van der Waals surface area contributed by atoms with Crippen molar-refractivity contribution in [3.8, 4) is 11.5 Å². The molecule has 0 amide bonds. The van der Waals surface area contributed by atoms with Crippen molar-refractivity contribution in [1.29, 1.82) is 0 Å². The monoisotopic (exact) mass is 403 g/mol. The number of imidazole rings is 1. The highest BCUT2D eigenvalue weighted by atomic mass is 79.9. The largest absolute Gasteiger partial charge is 0.545 e. The number of methoxy groups -OCH3 is 2. The van der Waals surface area contributed by atoms with Crippen LogP contribution >= 0.6 is 17.0 Å². The zero-order valence-corrected chi connectivity index (χ0v) is 15.3. The highest BCUT2D eigenvalue weighted by Crippen LogP contribution is 2.28. The average molecular weight is 404 g/mol. The summed E-state index contributed by atoms with van der Waals surface area (Å²) in [6.07, 6.45) is 3.61. The van der Waals surface area contributed by atoms with Crippen LogP contribution in [-0.4, -0.2) is 30.2 Å². The van der Waals surface area contributed by atoms with Crippen LogP contribution in [0.25, 0.3) is 23.2 Å². The first-order valence-electron chi connectivity index (χ1n) is 7.22. The highest BCUT2D eigenvalue weighted by Gasteiger charge is 2.07. The normalized spacial score (nSPS) is 10.6. The maximum Gasteiger partial charge on any atom is 0.161 e. The number of carbonyl (C=O) groups is 1. The zero-order valence-electron chi connectivity index (χ0n) is 13.6. The molecule has 0 aliphatic heterocycles. The van der Waals surface area contributed by atoms with E-state index in [0.717, 1.165) is 5.56 Å². The lowest BCUT2D eigenvalue weighted by atomic mass is 10.2. The van der Waals surface area contributed by atoms with E-state index in [4.69, 9.17) is 9.47 Å². The number of halogens is 1. The van der Waals surface area contributed by atoms with Crippen LogP contribution in [0.15, 0.2) is 36.4 Å². The number of nitrogens with one attached hydrogen (secondary N) is 1. The third-order valence-electron chi connectivity index (χ3n) is 3.59. The van der Waals surface area contributed by atoms with Gasteiger partial charge >= 0.3 is 0 Å². The number of aromatic carboxylic acids is 1. The van der Waals surface area contributed by atoms with E-state index in [1.165, 1.54) is 6.07 Å². The van der Waals surface area contributed by atoms with Gasteiger partial charge in [0.1, 0.15) is 5.82 Å². The van der Waals surface area contributed by atoms with Crippen molar-refractivity contribution in [3.05, 3.63) is 53.3 Å². The second-order valence-electron chi connectivity index (χ2n) is 5.06. The number of fused-ring (bicyclic) bond motifs is 1. The van der Waals surface area contributed by atoms with Gasteiger partial charge in [-0.1, -0.05) is 24.3 Å². The summed E-state index contributed by atoms with van der Waals surface area (Å²) in [6.45, 7) is 0. The van der Waals surface area contributed by atoms with Crippen LogP contribution in [0, 0.1) is 0 Å². The van der Waals surface area contributed by atoms with Crippen LogP contribution in [0.3, 0.4) is 0 Å². The lowest BCUT2D eigenvalue weighted by Crippen LogP contribution is -2.22. The van der Waals surface area contributed by atoms with E-state index in [1.54, 1.807) is 32.4 Å². The Morgan fingerprint density at radius 2 is 1.88 bits per heavy atom. The van der Waals surface area contributed by atoms with Crippen molar-refractivity contribution in [2.45, 2.75) is 0 Å². The topological polar surface area (TPSA) is 87.3 Å². The molecule has 1 aromatic heterocycles. The number of para-hydroxylation sites is 1.